The number of thiophene rings is 1. The van der Waals surface area contributed by atoms with E-state index in [1.54, 1.807) is 47.4 Å². The average Bonchev–Trinajstić information content (AvgIpc) is 3.66. The summed E-state index contributed by atoms with van der Waals surface area (Å²) in [6.45, 7) is 8.46. The van der Waals surface area contributed by atoms with Crippen LogP contribution in [-0.2, 0) is 23.7 Å². The summed E-state index contributed by atoms with van der Waals surface area (Å²) in [4.78, 5) is 59.7. The zero-order chi connectivity index (χ0) is 42.3. The number of fused-ring (bicyclic) bond motifs is 2. The molecule has 4 aliphatic rings. The van der Waals surface area contributed by atoms with Gasteiger partial charge in [-0.05, 0) is 118 Å². The molecule has 3 aromatic carbocycles. The van der Waals surface area contributed by atoms with Crippen LogP contribution in [0.25, 0.3) is 10.1 Å². The van der Waals surface area contributed by atoms with Crippen molar-refractivity contribution in [2.45, 2.75) is 121 Å². The molecule has 3 aliphatic heterocycles. The van der Waals surface area contributed by atoms with E-state index >= 15 is 4.39 Å². The Labute approximate surface area is 354 Å². The fraction of sp³-hybridized carbons (Fsp3) is 0.478. The van der Waals surface area contributed by atoms with Crippen LogP contribution in [0.3, 0.4) is 0 Å². The van der Waals surface area contributed by atoms with Crippen LogP contribution in [0.1, 0.15) is 110 Å². The summed E-state index contributed by atoms with van der Waals surface area (Å²) >= 11 is 1.20. The van der Waals surface area contributed by atoms with Gasteiger partial charge in [0.05, 0.1) is 11.5 Å². The first-order chi connectivity index (χ1) is 28.8. The minimum atomic E-state index is -4.44. The van der Waals surface area contributed by atoms with E-state index < -0.39 is 43.4 Å². The monoisotopic (exact) mass is 856 g/mol. The van der Waals surface area contributed by atoms with Crippen LogP contribution in [0.2, 0.25) is 0 Å². The summed E-state index contributed by atoms with van der Waals surface area (Å²) in [6, 6.07) is 20.5. The van der Waals surface area contributed by atoms with Crippen LogP contribution in [0.15, 0.2) is 78.9 Å². The number of esters is 1. The molecule has 4 heterocycles. The molecule has 1 aromatic heterocycles. The van der Waals surface area contributed by atoms with E-state index in [1.807, 2.05) is 6.92 Å². The van der Waals surface area contributed by atoms with Crippen molar-refractivity contribution < 1.29 is 37.4 Å². The molecule has 60 heavy (non-hydrogen) atoms. The van der Waals surface area contributed by atoms with Crippen LogP contribution < -0.4 is 14.9 Å². The second kappa shape index (κ2) is 17.1. The fourth-order valence-corrected chi connectivity index (χ4v) is 12.6. The number of para-hydroxylation sites is 1. The number of halogens is 1. The van der Waals surface area contributed by atoms with E-state index in [4.69, 9.17) is 9.26 Å². The molecule has 3 saturated heterocycles. The summed E-state index contributed by atoms with van der Waals surface area (Å²) in [5.41, 5.74) is 2.33. The maximum atomic E-state index is 16.6. The van der Waals surface area contributed by atoms with Gasteiger partial charge in [-0.25, -0.2) is 9.48 Å². The van der Waals surface area contributed by atoms with E-state index in [2.05, 4.69) is 53.4 Å². The van der Waals surface area contributed by atoms with E-state index in [1.165, 1.54) is 41.5 Å². The predicted octanol–water partition coefficient (Wildman–Crippen LogP) is 8.82. The van der Waals surface area contributed by atoms with E-state index in [0.29, 0.717) is 46.7 Å². The summed E-state index contributed by atoms with van der Waals surface area (Å²) in [7, 11) is -4.44. The molecule has 3 amide bonds. The number of likely N-dealkylation sites (tertiary alicyclic amines) is 1. The van der Waals surface area contributed by atoms with Gasteiger partial charge in [-0.2, -0.15) is 0 Å². The second-order valence-electron chi connectivity index (χ2n) is 17.1. The van der Waals surface area contributed by atoms with Crippen molar-refractivity contribution in [2.24, 2.45) is 5.92 Å². The number of ether oxygens (including phenoxy) is 1. The van der Waals surface area contributed by atoms with Crippen molar-refractivity contribution in [1.29, 1.82) is 0 Å². The van der Waals surface area contributed by atoms with Crippen LogP contribution in [0.5, 0.6) is 5.75 Å². The topological polar surface area (TPSA) is 134 Å². The lowest BCUT2D eigenvalue weighted by atomic mass is 9.85. The van der Waals surface area contributed by atoms with Gasteiger partial charge in [0, 0.05) is 28.7 Å². The first-order valence-electron chi connectivity index (χ1n) is 21.3. The van der Waals surface area contributed by atoms with Crippen LogP contribution in [-0.4, -0.2) is 76.3 Å². The highest BCUT2D eigenvalue weighted by molar-refractivity contribution is 7.57. The molecule has 0 bridgehead atoms. The minimum Gasteiger partial charge on any atom is -0.465 e. The molecule has 318 valence electrons. The van der Waals surface area contributed by atoms with Gasteiger partial charge in [-0.15, -0.1) is 11.3 Å². The Kier molecular flexibility index (Phi) is 12.0. The van der Waals surface area contributed by atoms with E-state index in [0.717, 1.165) is 32.1 Å². The van der Waals surface area contributed by atoms with Gasteiger partial charge in [-0.3, -0.25) is 23.7 Å². The maximum Gasteiger partial charge on any atom is 0.355 e. The molecule has 4 fully saturated rings. The van der Waals surface area contributed by atoms with Gasteiger partial charge in [0.15, 0.2) is 0 Å². The Hall–Kier alpha value is -4.58. The fourth-order valence-electron chi connectivity index (χ4n) is 9.71. The lowest BCUT2D eigenvalue weighted by Crippen LogP contribution is -2.56. The standard InChI is InChI=1S/C46H54FN4O7PS/c1-5-23-57-45(55)30(4)49-59(56,58-35-14-7-6-8-15-35)41(47)32-17-20-39-33(25-32)26-40(60-39)42(52)48-37-16-10-13-34-18-19-38(51(34)43(37)53)44(54)50-27-36(29(3)46(50)21-22-46)31-12-9-11-28(2)24-31/h6-9,11-12,14-15,17,20,24-26,29-30,34,36-38,41H,5,10,13,16,18-19,21-23,27H2,1-4H3,(H,48,52)(H,49,56)/t29-,30+,34+,36+,37?,38+,41-,59?/m1/s1. The van der Waals surface area contributed by atoms with Crippen molar-refractivity contribution in [2.75, 3.05) is 13.2 Å². The van der Waals surface area contributed by atoms with Gasteiger partial charge in [0.2, 0.25) is 17.7 Å². The number of hydrogen-bond acceptors (Lipinski definition) is 8. The van der Waals surface area contributed by atoms with Crippen LogP contribution in [0.4, 0.5) is 4.39 Å². The quantitative estimate of drug-likeness (QED) is 0.101. The Morgan fingerprint density at radius 1 is 1.00 bits per heavy atom. The molecule has 14 heteroatoms. The normalized spacial score (nSPS) is 25.3. The van der Waals surface area contributed by atoms with Gasteiger partial charge in [0.25, 0.3) is 5.91 Å². The van der Waals surface area contributed by atoms with Crippen LogP contribution >= 0.6 is 18.9 Å². The molecule has 0 radical (unpaired) electrons. The van der Waals surface area contributed by atoms with Crippen molar-refractivity contribution in [3.05, 3.63) is 100 Å². The molecule has 8 atom stereocenters. The van der Waals surface area contributed by atoms with Crippen molar-refractivity contribution in [3.8, 4) is 5.75 Å². The smallest absolute Gasteiger partial charge is 0.355 e. The summed E-state index contributed by atoms with van der Waals surface area (Å²) in [6.07, 6.45) is 5.88. The number of aryl methyl sites for hydroxylation is 1. The molecular formula is C46H54FN4O7PS. The second-order valence-corrected chi connectivity index (χ2v) is 20.2. The summed E-state index contributed by atoms with van der Waals surface area (Å²) < 4.78 is 42.5. The van der Waals surface area contributed by atoms with Crippen molar-refractivity contribution in [3.63, 3.8) is 0 Å². The van der Waals surface area contributed by atoms with E-state index in [9.17, 15) is 23.7 Å². The largest absolute Gasteiger partial charge is 0.465 e. The highest BCUT2D eigenvalue weighted by Crippen LogP contribution is 2.59. The minimum absolute atomic E-state index is 0.0311. The molecule has 8 rings (SSSR count). The number of carbonyl (C=O) groups is 4. The molecule has 1 aliphatic carbocycles. The lowest BCUT2D eigenvalue weighted by Gasteiger charge is -2.35. The molecule has 11 nitrogen and oxygen atoms in total. The van der Waals surface area contributed by atoms with Gasteiger partial charge in [0.1, 0.15) is 23.9 Å². The number of alkyl halides is 1. The SMILES string of the molecule is CCCOC(=O)[C@H](C)NP(=O)(Oc1ccccc1)[C@@H](F)c1ccc2sc(C(=O)NC3CCC[C@H]4CC[C@@H](C(=O)N5C[C@H](c6cccc(C)c6)[C@@H](C)C56CC6)N4C3=O)cc2c1. The third-order valence-electron chi connectivity index (χ3n) is 13.0. The van der Waals surface area contributed by atoms with Gasteiger partial charge < -0.3 is 24.4 Å². The number of rotatable bonds is 13. The number of nitrogens with zero attached hydrogens (tertiary/aromatic N) is 2. The Bertz CT molecular complexity index is 2320. The molecule has 2 unspecified atom stereocenters. The van der Waals surface area contributed by atoms with Crippen molar-refractivity contribution >= 4 is 52.6 Å². The lowest BCUT2D eigenvalue weighted by molar-refractivity contribution is -0.147. The summed E-state index contributed by atoms with van der Waals surface area (Å²) in [5, 5.41) is 6.14. The zero-order valence-corrected chi connectivity index (χ0v) is 36.3. The highest BCUT2D eigenvalue weighted by atomic mass is 32.1. The summed E-state index contributed by atoms with van der Waals surface area (Å²) in [5.74, 6) is -2.76. The highest BCUT2D eigenvalue weighted by Gasteiger charge is 2.62. The van der Waals surface area contributed by atoms with Crippen LogP contribution in [0, 0.1) is 12.8 Å². The number of hydrogen-bond donors (Lipinski definition) is 2. The predicted molar refractivity (Wildman–Crippen MR) is 230 cm³/mol. The van der Waals surface area contributed by atoms with Gasteiger partial charge >= 0.3 is 13.5 Å². The molecule has 1 spiro atoms. The Morgan fingerprint density at radius 3 is 2.52 bits per heavy atom. The zero-order valence-electron chi connectivity index (χ0n) is 34.6. The first-order valence-corrected chi connectivity index (χ1v) is 23.8. The number of carbonyl (C=O) groups excluding carboxylic acids is 4. The molecule has 2 N–H and O–H groups in total. The Morgan fingerprint density at radius 2 is 1.78 bits per heavy atom. The van der Waals surface area contributed by atoms with E-state index in [-0.39, 0.29) is 47.2 Å². The first kappa shape index (κ1) is 42.1. The molecular weight excluding hydrogens is 803 g/mol. The number of amides is 3. The molecule has 1 saturated carbocycles. The third-order valence-corrected chi connectivity index (χ3v) is 16.3. The Balaban J connectivity index is 0.975. The average molecular weight is 857 g/mol. The maximum absolute atomic E-state index is 16.6. The number of nitrogens with one attached hydrogen (secondary N) is 2. The number of benzene rings is 3. The molecule has 4 aromatic rings. The van der Waals surface area contributed by atoms with Gasteiger partial charge in [-0.1, -0.05) is 67.9 Å². The third kappa shape index (κ3) is 8.12. The van der Waals surface area contributed by atoms with Crippen molar-refractivity contribution in [1.82, 2.24) is 20.2 Å².